The molecule has 1 aromatic heterocycles. The summed E-state index contributed by atoms with van der Waals surface area (Å²) >= 11 is 7.16. The fourth-order valence-electron chi connectivity index (χ4n) is 2.57. The van der Waals surface area contributed by atoms with E-state index in [9.17, 15) is 9.59 Å². The van der Waals surface area contributed by atoms with Crippen LogP contribution in [0.25, 0.3) is 0 Å². The van der Waals surface area contributed by atoms with E-state index in [0.29, 0.717) is 28.9 Å². The van der Waals surface area contributed by atoms with E-state index >= 15 is 0 Å². The molecule has 1 unspecified atom stereocenters. The van der Waals surface area contributed by atoms with E-state index in [1.807, 2.05) is 0 Å². The summed E-state index contributed by atoms with van der Waals surface area (Å²) in [6, 6.07) is 6.32. The van der Waals surface area contributed by atoms with Crippen LogP contribution in [0.5, 0.6) is 5.75 Å². The first-order valence-corrected chi connectivity index (χ1v) is 8.77. The molecule has 0 aliphatic carbocycles. The largest absolute Gasteiger partial charge is 0.484 e. The molecule has 24 heavy (non-hydrogen) atoms. The number of ether oxygens (including phenoxy) is 1. The van der Waals surface area contributed by atoms with Crippen molar-refractivity contribution in [2.45, 2.75) is 18.9 Å². The number of nitrogens with zero attached hydrogens (tertiary/aromatic N) is 2. The number of anilines is 1. The van der Waals surface area contributed by atoms with Crippen molar-refractivity contribution in [3.63, 3.8) is 0 Å². The number of thiazole rings is 1. The minimum Gasteiger partial charge on any atom is -0.484 e. The smallest absolute Gasteiger partial charge is 0.261 e. The molecule has 1 atom stereocenters. The van der Waals surface area contributed by atoms with Crippen molar-refractivity contribution in [3.05, 3.63) is 40.9 Å². The van der Waals surface area contributed by atoms with E-state index < -0.39 is 6.04 Å². The lowest BCUT2D eigenvalue weighted by molar-refractivity contribution is -0.138. The molecule has 1 N–H and O–H groups in total. The van der Waals surface area contributed by atoms with Gasteiger partial charge in [0.25, 0.3) is 5.91 Å². The van der Waals surface area contributed by atoms with Crippen LogP contribution in [-0.4, -0.2) is 40.9 Å². The summed E-state index contributed by atoms with van der Waals surface area (Å²) in [6.07, 6.45) is 3.06. The lowest BCUT2D eigenvalue weighted by Gasteiger charge is -2.23. The Bertz CT molecular complexity index is 706. The Balaban J connectivity index is 1.56. The first-order chi connectivity index (χ1) is 11.6. The molecule has 2 heterocycles. The number of amides is 2. The van der Waals surface area contributed by atoms with Crippen molar-refractivity contribution in [3.8, 4) is 5.75 Å². The van der Waals surface area contributed by atoms with Gasteiger partial charge in [0.1, 0.15) is 11.8 Å². The molecule has 6 nitrogen and oxygen atoms in total. The van der Waals surface area contributed by atoms with Gasteiger partial charge < -0.3 is 15.0 Å². The maximum atomic E-state index is 12.4. The van der Waals surface area contributed by atoms with Gasteiger partial charge in [-0.3, -0.25) is 9.59 Å². The number of nitrogens with one attached hydrogen (secondary N) is 1. The lowest BCUT2D eigenvalue weighted by atomic mass is 10.2. The van der Waals surface area contributed by atoms with E-state index in [4.69, 9.17) is 16.3 Å². The highest BCUT2D eigenvalue weighted by molar-refractivity contribution is 7.13. The molecule has 1 saturated heterocycles. The Kier molecular flexibility index (Phi) is 5.32. The molecule has 126 valence electrons. The number of carbonyl (C=O) groups excluding carboxylic acids is 2. The van der Waals surface area contributed by atoms with Crippen LogP contribution in [0.4, 0.5) is 5.13 Å². The SMILES string of the molecule is O=C(Nc1nccs1)C1CCCN1C(=O)COc1ccc(Cl)cc1. The van der Waals surface area contributed by atoms with E-state index in [-0.39, 0.29) is 18.4 Å². The number of likely N-dealkylation sites (tertiary alicyclic amines) is 1. The number of hydrogen-bond donors (Lipinski definition) is 1. The molecule has 1 aliphatic rings. The zero-order chi connectivity index (χ0) is 16.9. The second kappa shape index (κ2) is 7.63. The molecule has 1 aromatic carbocycles. The third kappa shape index (κ3) is 4.04. The Morgan fingerprint density at radius 3 is 2.88 bits per heavy atom. The lowest BCUT2D eigenvalue weighted by Crippen LogP contribution is -2.45. The molecule has 1 fully saturated rings. The fourth-order valence-corrected chi connectivity index (χ4v) is 3.23. The molecule has 0 radical (unpaired) electrons. The van der Waals surface area contributed by atoms with Gasteiger partial charge in [0.15, 0.2) is 11.7 Å². The summed E-state index contributed by atoms with van der Waals surface area (Å²) < 4.78 is 5.48. The van der Waals surface area contributed by atoms with Crippen molar-refractivity contribution in [1.29, 1.82) is 0 Å². The van der Waals surface area contributed by atoms with Crippen LogP contribution in [-0.2, 0) is 9.59 Å². The fraction of sp³-hybridized carbons (Fsp3) is 0.312. The standard InChI is InChI=1S/C16H16ClN3O3S/c17-11-3-5-12(6-4-11)23-10-14(21)20-8-1-2-13(20)15(22)19-16-18-7-9-24-16/h3-7,9,13H,1-2,8,10H2,(H,18,19,22). The summed E-state index contributed by atoms with van der Waals surface area (Å²) in [6.45, 7) is 0.446. The van der Waals surface area contributed by atoms with E-state index in [1.54, 1.807) is 40.7 Å². The van der Waals surface area contributed by atoms with Crippen LogP contribution in [0.15, 0.2) is 35.8 Å². The predicted molar refractivity (Wildman–Crippen MR) is 92.4 cm³/mol. The summed E-state index contributed by atoms with van der Waals surface area (Å²) in [7, 11) is 0. The second-order valence-electron chi connectivity index (χ2n) is 5.31. The van der Waals surface area contributed by atoms with Gasteiger partial charge in [-0.15, -0.1) is 11.3 Å². The van der Waals surface area contributed by atoms with E-state index in [1.165, 1.54) is 11.3 Å². The Labute approximate surface area is 148 Å². The van der Waals surface area contributed by atoms with Crippen LogP contribution in [0.1, 0.15) is 12.8 Å². The zero-order valence-corrected chi connectivity index (χ0v) is 14.3. The molecule has 2 amide bonds. The van der Waals surface area contributed by atoms with Crippen molar-refractivity contribution < 1.29 is 14.3 Å². The Hall–Kier alpha value is -2.12. The van der Waals surface area contributed by atoms with Crippen LogP contribution >= 0.6 is 22.9 Å². The van der Waals surface area contributed by atoms with E-state index in [0.717, 1.165) is 6.42 Å². The van der Waals surface area contributed by atoms with Gasteiger partial charge >= 0.3 is 0 Å². The zero-order valence-electron chi connectivity index (χ0n) is 12.8. The average Bonchev–Trinajstić information content (AvgIpc) is 3.25. The van der Waals surface area contributed by atoms with Crippen LogP contribution in [0.3, 0.4) is 0 Å². The van der Waals surface area contributed by atoms with Crippen LogP contribution in [0.2, 0.25) is 5.02 Å². The van der Waals surface area contributed by atoms with Gasteiger partial charge in [0, 0.05) is 23.1 Å². The number of halogens is 1. The summed E-state index contributed by atoms with van der Waals surface area (Å²) in [5, 5.41) is 5.68. The maximum absolute atomic E-state index is 12.4. The third-order valence-corrected chi connectivity index (χ3v) is 4.65. The Morgan fingerprint density at radius 1 is 1.38 bits per heavy atom. The highest BCUT2D eigenvalue weighted by atomic mass is 35.5. The van der Waals surface area contributed by atoms with Gasteiger partial charge in [-0.25, -0.2) is 4.98 Å². The van der Waals surface area contributed by atoms with Crippen molar-refractivity contribution in [1.82, 2.24) is 9.88 Å². The molecule has 0 saturated carbocycles. The molecule has 0 bridgehead atoms. The topological polar surface area (TPSA) is 71.5 Å². The first kappa shape index (κ1) is 16.7. The van der Waals surface area contributed by atoms with Crippen LogP contribution < -0.4 is 10.1 Å². The number of carbonyl (C=O) groups is 2. The predicted octanol–water partition coefficient (Wildman–Crippen LogP) is 2.81. The molecule has 3 rings (SSSR count). The highest BCUT2D eigenvalue weighted by Gasteiger charge is 2.34. The second-order valence-corrected chi connectivity index (χ2v) is 6.65. The van der Waals surface area contributed by atoms with Crippen molar-refractivity contribution in [2.24, 2.45) is 0 Å². The van der Waals surface area contributed by atoms with Gasteiger partial charge in [-0.1, -0.05) is 11.6 Å². The molecule has 8 heteroatoms. The minimum absolute atomic E-state index is 0.108. The van der Waals surface area contributed by atoms with Crippen molar-refractivity contribution >= 4 is 39.9 Å². The molecule has 2 aromatic rings. The summed E-state index contributed by atoms with van der Waals surface area (Å²) in [4.78, 5) is 30.3. The van der Waals surface area contributed by atoms with Crippen LogP contribution in [0, 0.1) is 0 Å². The molecule has 1 aliphatic heterocycles. The highest BCUT2D eigenvalue weighted by Crippen LogP contribution is 2.21. The molecular weight excluding hydrogens is 350 g/mol. The number of benzene rings is 1. The summed E-state index contributed by atoms with van der Waals surface area (Å²) in [5.41, 5.74) is 0. The maximum Gasteiger partial charge on any atom is 0.261 e. The van der Waals surface area contributed by atoms with Gasteiger partial charge in [-0.2, -0.15) is 0 Å². The summed E-state index contributed by atoms with van der Waals surface area (Å²) in [5.74, 6) is 0.153. The normalized spacial score (nSPS) is 16.9. The quantitative estimate of drug-likeness (QED) is 0.884. The minimum atomic E-state index is -0.477. The monoisotopic (exact) mass is 365 g/mol. The van der Waals surface area contributed by atoms with Crippen molar-refractivity contribution in [2.75, 3.05) is 18.5 Å². The van der Waals surface area contributed by atoms with Gasteiger partial charge in [-0.05, 0) is 37.1 Å². The molecule has 0 spiro atoms. The van der Waals surface area contributed by atoms with Gasteiger partial charge in [0.05, 0.1) is 0 Å². The number of rotatable bonds is 5. The molecular formula is C16H16ClN3O3S. The number of hydrogen-bond acceptors (Lipinski definition) is 5. The van der Waals surface area contributed by atoms with E-state index in [2.05, 4.69) is 10.3 Å². The average molecular weight is 366 g/mol. The third-order valence-electron chi connectivity index (χ3n) is 3.71. The number of aromatic nitrogens is 1. The van der Waals surface area contributed by atoms with Gasteiger partial charge in [0.2, 0.25) is 5.91 Å². The first-order valence-electron chi connectivity index (χ1n) is 7.51. The Morgan fingerprint density at radius 2 is 2.17 bits per heavy atom.